The molecule has 0 bridgehead atoms. The van der Waals surface area contributed by atoms with E-state index in [1.807, 2.05) is 45.3 Å². The summed E-state index contributed by atoms with van der Waals surface area (Å²) in [6.07, 6.45) is 1.59. The molecule has 1 aromatic rings. The molecule has 1 amide bonds. The number of amides is 1. The number of hydrogen-bond acceptors (Lipinski definition) is 4. The molecule has 0 aliphatic heterocycles. The Labute approximate surface area is 121 Å². The van der Waals surface area contributed by atoms with Crippen molar-refractivity contribution in [2.45, 2.75) is 25.8 Å². The second-order valence-corrected chi connectivity index (χ2v) is 5.06. The molecule has 0 fully saturated rings. The Bertz CT molecular complexity index is 404. The van der Waals surface area contributed by atoms with Gasteiger partial charge in [-0.3, -0.25) is 4.79 Å². The van der Waals surface area contributed by atoms with Gasteiger partial charge in [-0.15, -0.1) is 0 Å². The van der Waals surface area contributed by atoms with Gasteiger partial charge < -0.3 is 20.7 Å². The maximum Gasteiger partial charge on any atom is 0.241 e. The highest BCUT2D eigenvalue weighted by molar-refractivity contribution is 5.94. The van der Waals surface area contributed by atoms with E-state index in [2.05, 4.69) is 10.2 Å². The first-order valence-corrected chi connectivity index (χ1v) is 6.97. The number of ether oxygens (including phenoxy) is 1. The fraction of sp³-hybridized carbons (Fsp3) is 0.533. The predicted octanol–water partition coefficient (Wildman–Crippen LogP) is 1.69. The maximum atomic E-state index is 11.8. The van der Waals surface area contributed by atoms with Crippen LogP contribution in [0.25, 0.3) is 0 Å². The van der Waals surface area contributed by atoms with Gasteiger partial charge in [-0.1, -0.05) is 13.3 Å². The highest BCUT2D eigenvalue weighted by Gasteiger charge is 2.12. The van der Waals surface area contributed by atoms with Crippen molar-refractivity contribution >= 4 is 11.6 Å². The van der Waals surface area contributed by atoms with Gasteiger partial charge in [0.25, 0.3) is 0 Å². The van der Waals surface area contributed by atoms with Crippen LogP contribution in [0.2, 0.25) is 0 Å². The molecule has 5 nitrogen and oxygen atoms in total. The first kappa shape index (κ1) is 16.5. The zero-order valence-corrected chi connectivity index (χ0v) is 12.6. The third-order valence-corrected chi connectivity index (χ3v) is 2.87. The van der Waals surface area contributed by atoms with Gasteiger partial charge >= 0.3 is 0 Å². The minimum atomic E-state index is -0.448. The first-order valence-electron chi connectivity index (χ1n) is 6.97. The Hall–Kier alpha value is -1.59. The van der Waals surface area contributed by atoms with E-state index in [0.717, 1.165) is 24.4 Å². The largest absolute Gasteiger partial charge is 0.492 e. The van der Waals surface area contributed by atoms with Crippen molar-refractivity contribution in [2.75, 3.05) is 32.6 Å². The van der Waals surface area contributed by atoms with Crippen LogP contribution in [0.1, 0.15) is 19.8 Å². The van der Waals surface area contributed by atoms with Gasteiger partial charge in [0.1, 0.15) is 12.4 Å². The van der Waals surface area contributed by atoms with E-state index in [9.17, 15) is 4.79 Å². The van der Waals surface area contributed by atoms with Gasteiger partial charge in [-0.2, -0.15) is 0 Å². The number of likely N-dealkylation sites (N-methyl/N-ethyl adjacent to an activating group) is 1. The highest BCUT2D eigenvalue weighted by atomic mass is 16.5. The standard InChI is InChI=1S/C15H25N3O2/c1-4-5-14(16)15(19)17-12-6-8-13(9-7-12)20-11-10-18(2)3/h6-9,14H,4-5,10-11,16H2,1-3H3,(H,17,19)/t14-/m1/s1. The average Bonchev–Trinajstić information content (AvgIpc) is 2.40. The van der Waals surface area contributed by atoms with Crippen molar-refractivity contribution in [3.05, 3.63) is 24.3 Å². The Balaban J connectivity index is 2.44. The van der Waals surface area contributed by atoms with Crippen molar-refractivity contribution < 1.29 is 9.53 Å². The number of anilines is 1. The van der Waals surface area contributed by atoms with Crippen molar-refractivity contribution in [2.24, 2.45) is 5.73 Å². The van der Waals surface area contributed by atoms with Crippen molar-refractivity contribution in [1.29, 1.82) is 0 Å². The fourth-order valence-electron chi connectivity index (χ4n) is 1.66. The quantitative estimate of drug-likeness (QED) is 0.760. The maximum absolute atomic E-state index is 11.8. The molecule has 5 heteroatoms. The minimum absolute atomic E-state index is 0.145. The van der Waals surface area contributed by atoms with Gasteiger partial charge in [-0.05, 0) is 44.8 Å². The van der Waals surface area contributed by atoms with E-state index in [1.165, 1.54) is 0 Å². The normalized spacial score (nSPS) is 12.2. The molecule has 0 saturated heterocycles. The van der Waals surface area contributed by atoms with Crippen LogP contribution in [0, 0.1) is 0 Å². The summed E-state index contributed by atoms with van der Waals surface area (Å²) in [6.45, 7) is 3.51. The molecule has 0 heterocycles. The van der Waals surface area contributed by atoms with Gasteiger partial charge in [0.05, 0.1) is 6.04 Å². The Morgan fingerprint density at radius 1 is 1.35 bits per heavy atom. The number of rotatable bonds is 8. The molecule has 20 heavy (non-hydrogen) atoms. The summed E-state index contributed by atoms with van der Waals surface area (Å²) < 4.78 is 5.58. The molecule has 0 aliphatic rings. The molecule has 0 aromatic heterocycles. The number of nitrogens with zero attached hydrogens (tertiary/aromatic N) is 1. The van der Waals surface area contributed by atoms with E-state index in [-0.39, 0.29) is 5.91 Å². The molecule has 3 N–H and O–H groups in total. The molecule has 0 spiro atoms. The van der Waals surface area contributed by atoms with E-state index in [0.29, 0.717) is 13.0 Å². The minimum Gasteiger partial charge on any atom is -0.492 e. The zero-order chi connectivity index (χ0) is 15.0. The Kier molecular flexibility index (Phi) is 7.04. The first-order chi connectivity index (χ1) is 9.52. The van der Waals surface area contributed by atoms with Crippen LogP contribution in [-0.4, -0.2) is 44.1 Å². The monoisotopic (exact) mass is 279 g/mol. The number of nitrogens with two attached hydrogens (primary N) is 1. The molecule has 0 saturated carbocycles. The highest BCUT2D eigenvalue weighted by Crippen LogP contribution is 2.16. The Morgan fingerprint density at radius 3 is 2.55 bits per heavy atom. The van der Waals surface area contributed by atoms with Crippen LogP contribution < -0.4 is 15.8 Å². The van der Waals surface area contributed by atoms with Crippen LogP contribution in [0.4, 0.5) is 5.69 Å². The summed E-state index contributed by atoms with van der Waals surface area (Å²) in [5.41, 5.74) is 6.50. The van der Waals surface area contributed by atoms with Gasteiger partial charge in [-0.25, -0.2) is 0 Å². The van der Waals surface area contributed by atoms with Crippen molar-refractivity contribution in [3.8, 4) is 5.75 Å². The Morgan fingerprint density at radius 2 is 2.00 bits per heavy atom. The van der Waals surface area contributed by atoms with Gasteiger partial charge in [0.2, 0.25) is 5.91 Å². The molecule has 1 aromatic carbocycles. The third-order valence-electron chi connectivity index (χ3n) is 2.87. The summed E-state index contributed by atoms with van der Waals surface area (Å²) in [7, 11) is 4.00. The second kappa shape index (κ2) is 8.55. The fourth-order valence-corrected chi connectivity index (χ4v) is 1.66. The number of carbonyl (C=O) groups excluding carboxylic acids is 1. The molecule has 1 rings (SSSR count). The predicted molar refractivity (Wildman–Crippen MR) is 82.0 cm³/mol. The number of carbonyl (C=O) groups is 1. The van der Waals surface area contributed by atoms with E-state index >= 15 is 0 Å². The van der Waals surface area contributed by atoms with Crippen LogP contribution in [0.15, 0.2) is 24.3 Å². The van der Waals surface area contributed by atoms with E-state index in [4.69, 9.17) is 10.5 Å². The summed E-state index contributed by atoms with van der Waals surface area (Å²) in [6, 6.07) is 6.88. The zero-order valence-electron chi connectivity index (χ0n) is 12.6. The second-order valence-electron chi connectivity index (χ2n) is 5.06. The lowest BCUT2D eigenvalue weighted by molar-refractivity contribution is -0.117. The number of benzene rings is 1. The summed E-state index contributed by atoms with van der Waals surface area (Å²) >= 11 is 0. The molecule has 0 unspecified atom stereocenters. The van der Waals surface area contributed by atoms with Crippen molar-refractivity contribution in [1.82, 2.24) is 4.90 Å². The molecule has 1 atom stereocenters. The number of hydrogen-bond donors (Lipinski definition) is 2. The topological polar surface area (TPSA) is 67.6 Å². The molecule has 0 radical (unpaired) electrons. The summed E-state index contributed by atoms with van der Waals surface area (Å²) in [5, 5.41) is 2.80. The van der Waals surface area contributed by atoms with Crippen LogP contribution in [0.5, 0.6) is 5.75 Å². The van der Waals surface area contributed by atoms with E-state index in [1.54, 1.807) is 0 Å². The number of nitrogens with one attached hydrogen (secondary N) is 1. The summed E-state index contributed by atoms with van der Waals surface area (Å²) in [4.78, 5) is 13.8. The molecule has 112 valence electrons. The molecular formula is C15H25N3O2. The third kappa shape index (κ3) is 6.04. The lowest BCUT2D eigenvalue weighted by Gasteiger charge is -2.13. The summed E-state index contributed by atoms with van der Waals surface area (Å²) in [5.74, 6) is 0.649. The molecular weight excluding hydrogens is 254 g/mol. The van der Waals surface area contributed by atoms with Crippen LogP contribution in [-0.2, 0) is 4.79 Å². The van der Waals surface area contributed by atoms with Crippen molar-refractivity contribution in [3.63, 3.8) is 0 Å². The van der Waals surface area contributed by atoms with E-state index < -0.39 is 6.04 Å². The smallest absolute Gasteiger partial charge is 0.241 e. The SMILES string of the molecule is CCC[C@@H](N)C(=O)Nc1ccc(OCCN(C)C)cc1. The lowest BCUT2D eigenvalue weighted by Crippen LogP contribution is -2.35. The molecule has 0 aliphatic carbocycles. The lowest BCUT2D eigenvalue weighted by atomic mass is 10.1. The van der Waals surface area contributed by atoms with Gasteiger partial charge in [0, 0.05) is 12.2 Å². The van der Waals surface area contributed by atoms with Crippen LogP contribution in [0.3, 0.4) is 0 Å². The van der Waals surface area contributed by atoms with Crippen LogP contribution >= 0.6 is 0 Å². The van der Waals surface area contributed by atoms with Gasteiger partial charge in [0.15, 0.2) is 0 Å². The average molecular weight is 279 g/mol.